The van der Waals surface area contributed by atoms with E-state index in [1.165, 1.54) is 71.0 Å². The number of piperidine rings is 1. The van der Waals surface area contributed by atoms with Crippen LogP contribution in [-0.2, 0) is 4.74 Å². The lowest BCUT2D eigenvalue weighted by atomic mass is 10.0. The number of nitrogens with one attached hydrogen (secondary N) is 2. The van der Waals surface area contributed by atoms with Crippen LogP contribution >= 0.6 is 0 Å². The van der Waals surface area contributed by atoms with Crippen LogP contribution in [0.4, 0.5) is 0 Å². The van der Waals surface area contributed by atoms with Gasteiger partial charge in [0.2, 0.25) is 0 Å². The number of aliphatic imine (C=N–C) groups is 1. The van der Waals surface area contributed by atoms with Crippen LogP contribution in [0.25, 0.3) is 0 Å². The summed E-state index contributed by atoms with van der Waals surface area (Å²) >= 11 is 0. The summed E-state index contributed by atoms with van der Waals surface area (Å²) in [4.78, 5) is 6.96. The maximum Gasteiger partial charge on any atom is 0.191 e. The van der Waals surface area contributed by atoms with Gasteiger partial charge in [-0.2, -0.15) is 0 Å². The molecule has 25 heavy (non-hydrogen) atoms. The maximum atomic E-state index is 6.05. The molecule has 0 radical (unpaired) electrons. The molecule has 0 bridgehead atoms. The molecule has 2 aliphatic rings. The Morgan fingerprint density at radius 3 is 2.36 bits per heavy atom. The Morgan fingerprint density at radius 1 is 1.08 bits per heavy atom. The van der Waals surface area contributed by atoms with Gasteiger partial charge in [0.25, 0.3) is 0 Å². The minimum absolute atomic E-state index is 0.476. The van der Waals surface area contributed by atoms with Gasteiger partial charge in [0.1, 0.15) is 0 Å². The fourth-order valence-electron chi connectivity index (χ4n) is 3.97. The van der Waals surface area contributed by atoms with Gasteiger partial charge in [0.15, 0.2) is 5.96 Å². The van der Waals surface area contributed by atoms with Gasteiger partial charge in [-0.3, -0.25) is 4.99 Å². The van der Waals surface area contributed by atoms with E-state index in [4.69, 9.17) is 4.74 Å². The molecule has 5 heteroatoms. The van der Waals surface area contributed by atoms with Gasteiger partial charge in [-0.1, -0.05) is 39.5 Å². The fourth-order valence-corrected chi connectivity index (χ4v) is 3.97. The number of hydrogen-bond donors (Lipinski definition) is 2. The van der Waals surface area contributed by atoms with E-state index in [9.17, 15) is 0 Å². The average molecular weight is 353 g/mol. The SMILES string of the molecule is CN=C(NCCOC1CCCCCC1)NC1CCN(CC(C)C)CC1. The van der Waals surface area contributed by atoms with Crippen LogP contribution in [-0.4, -0.2) is 62.8 Å². The van der Waals surface area contributed by atoms with Crippen molar-refractivity contribution in [1.82, 2.24) is 15.5 Å². The summed E-state index contributed by atoms with van der Waals surface area (Å²) in [5.41, 5.74) is 0. The van der Waals surface area contributed by atoms with E-state index in [1.54, 1.807) is 0 Å². The number of likely N-dealkylation sites (tertiary alicyclic amines) is 1. The molecule has 1 saturated carbocycles. The van der Waals surface area contributed by atoms with E-state index in [0.717, 1.165) is 25.0 Å². The van der Waals surface area contributed by atoms with Crippen molar-refractivity contribution >= 4 is 5.96 Å². The monoisotopic (exact) mass is 352 g/mol. The molecule has 0 aromatic heterocycles. The number of hydrogen-bond acceptors (Lipinski definition) is 3. The molecule has 2 fully saturated rings. The molecule has 0 unspecified atom stereocenters. The second-order valence-electron chi connectivity index (χ2n) is 8.10. The van der Waals surface area contributed by atoms with Crippen molar-refractivity contribution < 1.29 is 4.74 Å². The molecule has 146 valence electrons. The van der Waals surface area contributed by atoms with E-state index in [1.807, 2.05) is 7.05 Å². The summed E-state index contributed by atoms with van der Waals surface area (Å²) in [5.74, 6) is 1.68. The molecule has 1 saturated heterocycles. The van der Waals surface area contributed by atoms with Gasteiger partial charge >= 0.3 is 0 Å². The second kappa shape index (κ2) is 11.7. The predicted octanol–water partition coefficient (Wildman–Crippen LogP) is 3.01. The fraction of sp³-hybridized carbons (Fsp3) is 0.950. The zero-order valence-electron chi connectivity index (χ0n) is 16.7. The van der Waals surface area contributed by atoms with E-state index < -0.39 is 0 Å². The zero-order valence-corrected chi connectivity index (χ0v) is 16.7. The van der Waals surface area contributed by atoms with Gasteiger partial charge in [-0.15, -0.1) is 0 Å². The van der Waals surface area contributed by atoms with Gasteiger partial charge in [-0.05, 0) is 31.6 Å². The lowest BCUT2D eigenvalue weighted by Gasteiger charge is -2.34. The highest BCUT2D eigenvalue weighted by atomic mass is 16.5. The highest BCUT2D eigenvalue weighted by Gasteiger charge is 2.20. The minimum Gasteiger partial charge on any atom is -0.376 e. The van der Waals surface area contributed by atoms with Gasteiger partial charge in [0.05, 0.1) is 12.7 Å². The number of ether oxygens (including phenoxy) is 1. The Bertz CT molecular complexity index is 370. The largest absolute Gasteiger partial charge is 0.376 e. The maximum absolute atomic E-state index is 6.05. The van der Waals surface area contributed by atoms with Crippen molar-refractivity contribution in [2.75, 3.05) is 39.8 Å². The normalized spacial score (nSPS) is 22.2. The van der Waals surface area contributed by atoms with E-state index in [2.05, 4.69) is 34.4 Å². The van der Waals surface area contributed by atoms with E-state index >= 15 is 0 Å². The van der Waals surface area contributed by atoms with Crippen molar-refractivity contribution in [2.45, 2.75) is 77.4 Å². The standard InChI is InChI=1S/C20H40N4O/c1-17(2)16-24-13-10-18(11-14-24)23-20(21-3)22-12-15-25-19-8-6-4-5-7-9-19/h17-19H,4-16H2,1-3H3,(H2,21,22,23). The third-order valence-electron chi connectivity index (χ3n) is 5.33. The van der Waals surface area contributed by atoms with E-state index in [0.29, 0.717) is 12.1 Å². The van der Waals surface area contributed by atoms with Crippen LogP contribution in [0.1, 0.15) is 65.2 Å². The van der Waals surface area contributed by atoms with Crippen LogP contribution in [0, 0.1) is 5.92 Å². The predicted molar refractivity (Wildman–Crippen MR) is 106 cm³/mol. The molecule has 1 heterocycles. The summed E-state index contributed by atoms with van der Waals surface area (Å²) < 4.78 is 6.05. The first-order valence-electron chi connectivity index (χ1n) is 10.5. The molecule has 0 amide bonds. The summed E-state index contributed by atoms with van der Waals surface area (Å²) in [6, 6.07) is 0.539. The lowest BCUT2D eigenvalue weighted by molar-refractivity contribution is 0.0467. The number of guanidine groups is 1. The first kappa shape index (κ1) is 20.5. The van der Waals surface area contributed by atoms with Crippen LogP contribution in [0.15, 0.2) is 4.99 Å². The van der Waals surface area contributed by atoms with Crippen LogP contribution in [0.5, 0.6) is 0 Å². The van der Waals surface area contributed by atoms with Crippen molar-refractivity contribution in [3.05, 3.63) is 0 Å². The number of rotatable bonds is 7. The lowest BCUT2D eigenvalue weighted by Crippen LogP contribution is -2.49. The molecule has 5 nitrogen and oxygen atoms in total. The van der Waals surface area contributed by atoms with E-state index in [-0.39, 0.29) is 0 Å². The van der Waals surface area contributed by atoms with Crippen LogP contribution < -0.4 is 10.6 Å². The van der Waals surface area contributed by atoms with Gasteiger partial charge < -0.3 is 20.3 Å². The highest BCUT2D eigenvalue weighted by Crippen LogP contribution is 2.19. The second-order valence-corrected chi connectivity index (χ2v) is 8.10. The molecule has 2 rings (SSSR count). The summed E-state index contributed by atoms with van der Waals surface area (Å²) in [7, 11) is 1.86. The molecule has 0 aromatic rings. The molecule has 2 N–H and O–H groups in total. The van der Waals surface area contributed by atoms with Crippen molar-refractivity contribution in [2.24, 2.45) is 10.9 Å². The smallest absolute Gasteiger partial charge is 0.191 e. The van der Waals surface area contributed by atoms with Crippen molar-refractivity contribution in [3.63, 3.8) is 0 Å². The summed E-state index contributed by atoms with van der Waals surface area (Å²) in [6.45, 7) is 9.81. The Hall–Kier alpha value is -0.810. The molecule has 1 aliphatic heterocycles. The molecule has 0 spiro atoms. The third-order valence-corrected chi connectivity index (χ3v) is 5.33. The average Bonchev–Trinajstić information content (AvgIpc) is 2.87. The van der Waals surface area contributed by atoms with Crippen LogP contribution in [0.2, 0.25) is 0 Å². The summed E-state index contributed by atoms with van der Waals surface area (Å²) in [5, 5.41) is 7.00. The van der Waals surface area contributed by atoms with Crippen molar-refractivity contribution in [3.8, 4) is 0 Å². The first-order chi connectivity index (χ1) is 12.2. The molecule has 0 atom stereocenters. The summed E-state index contributed by atoms with van der Waals surface area (Å²) in [6.07, 6.45) is 10.8. The number of nitrogens with zero attached hydrogens (tertiary/aromatic N) is 2. The van der Waals surface area contributed by atoms with Crippen molar-refractivity contribution in [1.29, 1.82) is 0 Å². The zero-order chi connectivity index (χ0) is 17.9. The highest BCUT2D eigenvalue weighted by molar-refractivity contribution is 5.79. The molecular formula is C20H40N4O. The van der Waals surface area contributed by atoms with Gasteiger partial charge in [0, 0.05) is 39.3 Å². The van der Waals surface area contributed by atoms with Gasteiger partial charge in [-0.25, -0.2) is 0 Å². The Kier molecular flexibility index (Phi) is 9.63. The molecule has 0 aromatic carbocycles. The van der Waals surface area contributed by atoms with Crippen LogP contribution in [0.3, 0.4) is 0 Å². The minimum atomic E-state index is 0.476. The Labute approximate surface area is 155 Å². The first-order valence-corrected chi connectivity index (χ1v) is 10.5. The third kappa shape index (κ3) is 8.41. The quantitative estimate of drug-likeness (QED) is 0.320. The Balaban J connectivity index is 1.58. The topological polar surface area (TPSA) is 48.9 Å². The Morgan fingerprint density at radius 2 is 1.76 bits per heavy atom. The molecular weight excluding hydrogens is 312 g/mol. The molecule has 1 aliphatic carbocycles.